The van der Waals surface area contributed by atoms with E-state index in [2.05, 4.69) is 17.2 Å². The Balaban J connectivity index is 2.35. The van der Waals surface area contributed by atoms with Crippen LogP contribution in [-0.4, -0.2) is 18.0 Å². The predicted octanol–water partition coefficient (Wildman–Crippen LogP) is 1.38. The highest BCUT2D eigenvalue weighted by Crippen LogP contribution is 2.05. The summed E-state index contributed by atoms with van der Waals surface area (Å²) < 4.78 is 0. The van der Waals surface area contributed by atoms with Crippen LogP contribution in [0.4, 0.5) is 0 Å². The number of likely N-dealkylation sites (tertiary alicyclic amines) is 1. The lowest BCUT2D eigenvalue weighted by atomic mass is 10.4. The van der Waals surface area contributed by atoms with Gasteiger partial charge in [0.2, 0.25) is 0 Å². The molecule has 1 saturated heterocycles. The topological polar surface area (TPSA) is 3.24 Å². The first-order valence-corrected chi connectivity index (χ1v) is 3.03. The van der Waals surface area contributed by atoms with Crippen LogP contribution in [0.2, 0.25) is 0 Å². The maximum absolute atomic E-state index is 3.50. The Kier molecular flexibility index (Phi) is 1.76. The normalized spacial score (nSPS) is 18.2. The molecule has 0 aromatic rings. The van der Waals surface area contributed by atoms with Gasteiger partial charge in [-0.15, -0.1) is 5.73 Å². The lowest BCUT2D eigenvalue weighted by Gasteiger charge is -2.06. The summed E-state index contributed by atoms with van der Waals surface area (Å²) in [5.74, 6) is 0. The summed E-state index contributed by atoms with van der Waals surface area (Å²) in [5.41, 5.74) is 2.76. The van der Waals surface area contributed by atoms with Crippen molar-refractivity contribution in [3.63, 3.8) is 0 Å². The summed E-state index contributed by atoms with van der Waals surface area (Å²) in [6.45, 7) is 5.90. The Labute approximate surface area is 50.3 Å². The van der Waals surface area contributed by atoms with Gasteiger partial charge in [-0.05, 0) is 12.8 Å². The molecule has 1 aliphatic heterocycles. The van der Waals surface area contributed by atoms with Gasteiger partial charge in [0, 0.05) is 19.3 Å². The third kappa shape index (κ3) is 1.14. The van der Waals surface area contributed by atoms with Gasteiger partial charge in [0.05, 0.1) is 0 Å². The van der Waals surface area contributed by atoms with E-state index in [9.17, 15) is 0 Å². The molecule has 0 atom stereocenters. The van der Waals surface area contributed by atoms with Gasteiger partial charge in [-0.25, -0.2) is 0 Å². The minimum absolute atomic E-state index is 1.20. The Morgan fingerprint density at radius 2 is 2.00 bits per heavy atom. The van der Waals surface area contributed by atoms with Gasteiger partial charge >= 0.3 is 0 Å². The summed E-state index contributed by atoms with van der Waals surface area (Å²) in [5, 5.41) is 0. The molecule has 44 valence electrons. The van der Waals surface area contributed by atoms with E-state index in [4.69, 9.17) is 0 Å². The summed E-state index contributed by atoms with van der Waals surface area (Å²) in [6, 6.07) is 0. The molecule has 1 rings (SSSR count). The standard InChI is InChI=1S/C7H11N/c1-2-5-8-6-3-4-7-8/h5H,1,3-4,6-7H2. The van der Waals surface area contributed by atoms with Gasteiger partial charge in [-0.3, -0.25) is 0 Å². The van der Waals surface area contributed by atoms with Crippen molar-refractivity contribution in [2.45, 2.75) is 12.8 Å². The van der Waals surface area contributed by atoms with Crippen LogP contribution in [0.1, 0.15) is 12.8 Å². The fraction of sp³-hybridized carbons (Fsp3) is 0.571. The molecule has 1 fully saturated rings. The van der Waals surface area contributed by atoms with Crippen molar-refractivity contribution in [2.75, 3.05) is 13.1 Å². The van der Waals surface area contributed by atoms with Crippen LogP contribution in [0, 0.1) is 0 Å². The Hall–Kier alpha value is -0.680. The first-order chi connectivity index (χ1) is 3.93. The van der Waals surface area contributed by atoms with E-state index in [0.29, 0.717) is 0 Å². The van der Waals surface area contributed by atoms with Crippen LogP contribution in [-0.2, 0) is 0 Å². The van der Waals surface area contributed by atoms with Crippen molar-refractivity contribution < 1.29 is 0 Å². The number of rotatable bonds is 1. The maximum Gasteiger partial charge on any atom is 0.0417 e. The van der Waals surface area contributed by atoms with Gasteiger partial charge in [-0.1, -0.05) is 6.58 Å². The molecule has 0 saturated carbocycles. The third-order valence-electron chi connectivity index (χ3n) is 1.41. The van der Waals surface area contributed by atoms with Crippen molar-refractivity contribution in [2.24, 2.45) is 0 Å². The maximum atomic E-state index is 3.50. The molecule has 0 amide bonds. The van der Waals surface area contributed by atoms with Gasteiger partial charge in [0.25, 0.3) is 0 Å². The van der Waals surface area contributed by atoms with E-state index in [0.717, 1.165) is 0 Å². The zero-order valence-corrected chi connectivity index (χ0v) is 5.06. The third-order valence-corrected chi connectivity index (χ3v) is 1.41. The molecule has 1 heterocycles. The molecule has 0 aromatic carbocycles. The minimum Gasteiger partial charge on any atom is -0.371 e. The van der Waals surface area contributed by atoms with Crippen LogP contribution < -0.4 is 0 Å². The van der Waals surface area contributed by atoms with E-state index in [1.165, 1.54) is 25.9 Å². The largest absolute Gasteiger partial charge is 0.371 e. The molecule has 8 heavy (non-hydrogen) atoms. The zero-order valence-electron chi connectivity index (χ0n) is 5.06. The Bertz CT molecular complexity index is 106. The molecule has 1 nitrogen and oxygen atoms in total. The fourth-order valence-electron chi connectivity index (χ4n) is 1.000. The molecule has 0 N–H and O–H groups in total. The van der Waals surface area contributed by atoms with E-state index < -0.39 is 0 Å². The average molecular weight is 109 g/mol. The van der Waals surface area contributed by atoms with Gasteiger partial charge < -0.3 is 4.90 Å². The summed E-state index contributed by atoms with van der Waals surface area (Å²) in [7, 11) is 0. The molecule has 0 aromatic heterocycles. The van der Waals surface area contributed by atoms with Crippen molar-refractivity contribution in [1.82, 2.24) is 4.90 Å². The van der Waals surface area contributed by atoms with Crippen molar-refractivity contribution >= 4 is 0 Å². The second kappa shape index (κ2) is 2.58. The van der Waals surface area contributed by atoms with Crippen LogP contribution in [0.15, 0.2) is 18.5 Å². The van der Waals surface area contributed by atoms with Crippen molar-refractivity contribution in [1.29, 1.82) is 0 Å². The summed E-state index contributed by atoms with van der Waals surface area (Å²) >= 11 is 0. The number of nitrogens with zero attached hydrogens (tertiary/aromatic N) is 1. The second-order valence-corrected chi connectivity index (χ2v) is 2.08. The molecular formula is C7H11N. The minimum atomic E-state index is 1.20. The molecular weight excluding hydrogens is 98.1 g/mol. The van der Waals surface area contributed by atoms with Crippen LogP contribution >= 0.6 is 0 Å². The van der Waals surface area contributed by atoms with Gasteiger partial charge in [-0.2, -0.15) is 0 Å². The molecule has 0 bridgehead atoms. The van der Waals surface area contributed by atoms with Crippen molar-refractivity contribution in [3.8, 4) is 0 Å². The van der Waals surface area contributed by atoms with Crippen LogP contribution in [0.5, 0.6) is 0 Å². The van der Waals surface area contributed by atoms with E-state index >= 15 is 0 Å². The molecule has 0 radical (unpaired) electrons. The molecule has 1 heteroatoms. The predicted molar refractivity (Wildman–Crippen MR) is 34.5 cm³/mol. The highest BCUT2D eigenvalue weighted by atomic mass is 15.1. The summed E-state index contributed by atoms with van der Waals surface area (Å²) in [4.78, 5) is 2.24. The Morgan fingerprint density at radius 1 is 1.38 bits per heavy atom. The quantitative estimate of drug-likeness (QED) is 0.460. The average Bonchev–Trinajstić information content (AvgIpc) is 2.19. The molecule has 0 spiro atoms. The van der Waals surface area contributed by atoms with E-state index in [1.54, 1.807) is 0 Å². The SMILES string of the molecule is C=C=CN1CCCC1. The monoisotopic (exact) mass is 109 g/mol. The highest BCUT2D eigenvalue weighted by Gasteiger charge is 2.04. The summed E-state index contributed by atoms with van der Waals surface area (Å²) in [6.07, 6.45) is 4.60. The molecule has 0 unspecified atom stereocenters. The van der Waals surface area contributed by atoms with E-state index in [1.807, 2.05) is 6.20 Å². The zero-order chi connectivity index (χ0) is 5.82. The van der Waals surface area contributed by atoms with Crippen LogP contribution in [0.3, 0.4) is 0 Å². The lowest BCUT2D eigenvalue weighted by Crippen LogP contribution is -2.09. The molecule has 0 aliphatic carbocycles. The number of hydrogen-bond acceptors (Lipinski definition) is 1. The van der Waals surface area contributed by atoms with Crippen LogP contribution in [0.25, 0.3) is 0 Å². The first kappa shape index (κ1) is 5.46. The number of hydrogen-bond donors (Lipinski definition) is 0. The smallest absolute Gasteiger partial charge is 0.0417 e. The fourth-order valence-corrected chi connectivity index (χ4v) is 1.000. The highest BCUT2D eigenvalue weighted by molar-refractivity contribution is 4.80. The lowest BCUT2D eigenvalue weighted by molar-refractivity contribution is 0.469. The van der Waals surface area contributed by atoms with Gasteiger partial charge in [0.15, 0.2) is 0 Å². The first-order valence-electron chi connectivity index (χ1n) is 3.03. The molecule has 1 aliphatic rings. The van der Waals surface area contributed by atoms with Gasteiger partial charge in [0.1, 0.15) is 0 Å². The Morgan fingerprint density at radius 3 is 2.50 bits per heavy atom. The van der Waals surface area contributed by atoms with E-state index in [-0.39, 0.29) is 0 Å². The second-order valence-electron chi connectivity index (χ2n) is 2.08. The van der Waals surface area contributed by atoms with Crippen molar-refractivity contribution in [3.05, 3.63) is 18.5 Å².